The van der Waals surface area contributed by atoms with Crippen LogP contribution in [0.5, 0.6) is 5.75 Å². The number of phenols is 1. The van der Waals surface area contributed by atoms with E-state index in [0.29, 0.717) is 14.3 Å². The summed E-state index contributed by atoms with van der Waals surface area (Å²) in [6.45, 7) is 13.6. The molecule has 1 atom stereocenters. The molecule has 0 radical (unpaired) electrons. The lowest BCUT2D eigenvalue weighted by molar-refractivity contribution is 0.425. The maximum absolute atomic E-state index is 10.4. The van der Waals surface area contributed by atoms with Crippen molar-refractivity contribution in [2.24, 2.45) is 0 Å². The van der Waals surface area contributed by atoms with Crippen LogP contribution in [0, 0.1) is 20.8 Å². The summed E-state index contributed by atoms with van der Waals surface area (Å²) >= 11 is 0. The van der Waals surface area contributed by atoms with Gasteiger partial charge in [0.2, 0.25) is 0 Å². The fourth-order valence-electron chi connectivity index (χ4n) is 2.61. The van der Waals surface area contributed by atoms with E-state index in [1.165, 1.54) is 22.0 Å². The number of aromatic hydroxyl groups is 1. The Morgan fingerprint density at radius 3 is 2.39 bits per heavy atom. The third kappa shape index (κ3) is 4.80. The predicted molar refractivity (Wildman–Crippen MR) is 103 cm³/mol. The fraction of sp³-hybridized carbons (Fsp3) is 0.400. The van der Waals surface area contributed by atoms with Crippen molar-refractivity contribution in [3.8, 4) is 5.75 Å². The van der Waals surface area contributed by atoms with E-state index in [0.717, 1.165) is 17.4 Å². The zero-order valence-corrected chi connectivity index (χ0v) is 16.0. The lowest BCUT2D eigenvalue weighted by Crippen LogP contribution is -2.36. The van der Waals surface area contributed by atoms with E-state index in [1.807, 2.05) is 13.0 Å². The highest BCUT2D eigenvalue weighted by Crippen LogP contribution is 2.25. The van der Waals surface area contributed by atoms with Gasteiger partial charge in [0.05, 0.1) is 0 Å². The smallest absolute Gasteiger partial charge is 0.126 e. The monoisotopic (exact) mass is 329 g/mol. The van der Waals surface area contributed by atoms with Gasteiger partial charge >= 0.3 is 0 Å². The van der Waals surface area contributed by atoms with Crippen LogP contribution in [0.2, 0.25) is 0 Å². The Labute approximate surface area is 142 Å². The second-order valence-corrected chi connectivity index (χ2v) is 8.60. The molecule has 2 N–H and O–H groups in total. The molecule has 0 aliphatic heterocycles. The van der Waals surface area contributed by atoms with Gasteiger partial charge in [-0.2, -0.15) is 0 Å². The maximum Gasteiger partial charge on any atom is 0.126 e. The maximum atomic E-state index is 10.4. The van der Waals surface area contributed by atoms with Gasteiger partial charge in [-0.25, -0.2) is 0 Å². The highest BCUT2D eigenvalue weighted by molar-refractivity contribution is 7.56. The summed E-state index contributed by atoms with van der Waals surface area (Å²) in [5.41, 5.74) is 4.85. The van der Waals surface area contributed by atoms with Gasteiger partial charge in [-0.15, -0.1) is 0 Å². The second kappa shape index (κ2) is 7.03. The minimum Gasteiger partial charge on any atom is -0.507 e. The van der Waals surface area contributed by atoms with Crippen molar-refractivity contribution in [1.82, 2.24) is 5.32 Å². The van der Waals surface area contributed by atoms with Crippen molar-refractivity contribution in [2.75, 3.05) is 0 Å². The SMILES string of the molecule is Cc1cc(C)c(O)c(Pc2c(C)cccc2CNC(C)(C)C)c1. The van der Waals surface area contributed by atoms with E-state index in [1.54, 1.807) is 0 Å². The number of phenolic OH excluding ortho intramolecular Hbond substituents is 1. The molecule has 1 unspecified atom stereocenters. The average molecular weight is 329 g/mol. The van der Waals surface area contributed by atoms with Crippen LogP contribution < -0.4 is 15.9 Å². The summed E-state index contributed by atoms with van der Waals surface area (Å²) in [5.74, 6) is 0.437. The molecule has 0 amide bonds. The molecule has 0 fully saturated rings. The number of rotatable bonds is 4. The third-order valence-electron chi connectivity index (χ3n) is 3.87. The summed E-state index contributed by atoms with van der Waals surface area (Å²) in [4.78, 5) is 0. The summed E-state index contributed by atoms with van der Waals surface area (Å²) in [6.07, 6.45) is 0. The number of benzene rings is 2. The van der Waals surface area contributed by atoms with Gasteiger partial charge in [-0.1, -0.05) is 32.8 Å². The zero-order chi connectivity index (χ0) is 17.2. The van der Waals surface area contributed by atoms with Crippen LogP contribution >= 0.6 is 8.58 Å². The summed E-state index contributed by atoms with van der Waals surface area (Å²) < 4.78 is 0. The molecule has 124 valence electrons. The molecular formula is C20H28NOP. The lowest BCUT2D eigenvalue weighted by atomic mass is 10.1. The molecule has 2 rings (SSSR count). The Morgan fingerprint density at radius 1 is 1.04 bits per heavy atom. The van der Waals surface area contributed by atoms with Crippen LogP contribution in [0.3, 0.4) is 0 Å². The van der Waals surface area contributed by atoms with Crippen molar-refractivity contribution in [2.45, 2.75) is 53.6 Å². The molecule has 2 nitrogen and oxygen atoms in total. The molecule has 0 aliphatic rings. The predicted octanol–water partition coefficient (Wildman–Crippen LogP) is 3.83. The topological polar surface area (TPSA) is 32.3 Å². The van der Waals surface area contributed by atoms with E-state index in [-0.39, 0.29) is 5.54 Å². The molecule has 0 aliphatic carbocycles. The van der Waals surface area contributed by atoms with Gasteiger partial charge in [0.15, 0.2) is 0 Å². The number of nitrogens with one attached hydrogen (secondary N) is 1. The molecule has 2 aromatic carbocycles. The number of aryl methyl sites for hydroxylation is 3. The molecule has 0 bridgehead atoms. The van der Waals surface area contributed by atoms with E-state index in [2.05, 4.69) is 64.2 Å². The molecule has 0 saturated heterocycles. The van der Waals surface area contributed by atoms with Gasteiger partial charge in [0.1, 0.15) is 5.75 Å². The summed E-state index contributed by atoms with van der Waals surface area (Å²) in [6, 6.07) is 10.6. The molecule has 0 saturated carbocycles. The fourth-order valence-corrected chi connectivity index (χ4v) is 4.10. The first-order valence-electron chi connectivity index (χ1n) is 8.08. The minimum absolute atomic E-state index is 0.0895. The van der Waals surface area contributed by atoms with Crippen LogP contribution in [-0.2, 0) is 6.54 Å². The Kier molecular flexibility index (Phi) is 5.49. The van der Waals surface area contributed by atoms with Gasteiger partial charge in [-0.3, -0.25) is 0 Å². The molecule has 23 heavy (non-hydrogen) atoms. The number of hydrogen-bond donors (Lipinski definition) is 2. The van der Waals surface area contributed by atoms with Crippen molar-refractivity contribution >= 4 is 19.2 Å². The highest BCUT2D eigenvalue weighted by atomic mass is 31.1. The van der Waals surface area contributed by atoms with E-state index in [9.17, 15) is 5.11 Å². The molecule has 3 heteroatoms. The first-order chi connectivity index (χ1) is 10.7. The van der Waals surface area contributed by atoms with Gasteiger partial charge in [-0.05, 0) is 75.2 Å². The highest BCUT2D eigenvalue weighted by Gasteiger charge is 2.14. The van der Waals surface area contributed by atoms with Crippen molar-refractivity contribution in [3.05, 3.63) is 52.6 Å². The van der Waals surface area contributed by atoms with Crippen LogP contribution in [0.1, 0.15) is 43.0 Å². The quantitative estimate of drug-likeness (QED) is 0.836. The standard InChI is InChI=1S/C20H28NOP/c1-13-10-15(3)18(22)17(11-13)23-19-14(2)8-7-9-16(19)12-21-20(4,5)6/h7-11,21-23H,12H2,1-6H3. The van der Waals surface area contributed by atoms with E-state index < -0.39 is 0 Å². The van der Waals surface area contributed by atoms with Crippen LogP contribution in [-0.4, -0.2) is 10.6 Å². The van der Waals surface area contributed by atoms with Crippen LogP contribution in [0.4, 0.5) is 0 Å². The minimum atomic E-state index is 0.0895. The molecule has 0 spiro atoms. The Morgan fingerprint density at radius 2 is 1.74 bits per heavy atom. The molecular weight excluding hydrogens is 301 g/mol. The van der Waals surface area contributed by atoms with Crippen molar-refractivity contribution in [3.63, 3.8) is 0 Å². The Bertz CT molecular complexity index is 702. The van der Waals surface area contributed by atoms with Gasteiger partial charge in [0.25, 0.3) is 0 Å². The van der Waals surface area contributed by atoms with Crippen LogP contribution in [0.25, 0.3) is 0 Å². The third-order valence-corrected chi connectivity index (χ3v) is 5.49. The first kappa shape index (κ1) is 18.0. The van der Waals surface area contributed by atoms with Crippen molar-refractivity contribution < 1.29 is 5.11 Å². The summed E-state index contributed by atoms with van der Waals surface area (Å²) in [5, 5.41) is 16.4. The van der Waals surface area contributed by atoms with E-state index >= 15 is 0 Å². The van der Waals surface area contributed by atoms with E-state index in [4.69, 9.17) is 0 Å². The lowest BCUT2D eigenvalue weighted by Gasteiger charge is -2.22. The van der Waals surface area contributed by atoms with Gasteiger partial charge in [0, 0.05) is 17.4 Å². The Hall–Kier alpha value is -1.37. The molecule has 0 aromatic heterocycles. The van der Waals surface area contributed by atoms with Crippen LogP contribution in [0.15, 0.2) is 30.3 Å². The largest absolute Gasteiger partial charge is 0.507 e. The normalized spacial score (nSPS) is 12.3. The second-order valence-electron chi connectivity index (χ2n) is 7.32. The molecule has 2 aromatic rings. The van der Waals surface area contributed by atoms with Gasteiger partial charge < -0.3 is 10.4 Å². The summed E-state index contributed by atoms with van der Waals surface area (Å²) in [7, 11) is 0.469. The Balaban J connectivity index is 2.36. The molecule has 0 heterocycles. The zero-order valence-electron chi connectivity index (χ0n) is 15.0. The first-order valence-corrected chi connectivity index (χ1v) is 9.08. The average Bonchev–Trinajstić information content (AvgIpc) is 2.43. The van der Waals surface area contributed by atoms with Crippen molar-refractivity contribution in [1.29, 1.82) is 0 Å². The number of hydrogen-bond acceptors (Lipinski definition) is 2.